The van der Waals surface area contributed by atoms with Crippen molar-refractivity contribution >= 4 is 0 Å². The summed E-state index contributed by atoms with van der Waals surface area (Å²) in [5.74, 6) is 1.76. The smallest absolute Gasteiger partial charge is 0.119 e. The van der Waals surface area contributed by atoms with Crippen LogP contribution in [0.1, 0.15) is 24.0 Å². The predicted molar refractivity (Wildman–Crippen MR) is 68.1 cm³/mol. The Hall–Kier alpha value is -1.06. The Morgan fingerprint density at radius 2 is 1.88 bits per heavy atom. The van der Waals surface area contributed by atoms with Gasteiger partial charge in [0.25, 0.3) is 0 Å². The second-order valence-corrected chi connectivity index (χ2v) is 5.04. The van der Waals surface area contributed by atoms with Crippen molar-refractivity contribution in [2.45, 2.75) is 25.9 Å². The van der Waals surface area contributed by atoms with E-state index in [2.05, 4.69) is 28.8 Å². The molecule has 0 unspecified atom stereocenters. The number of nitrogens with one attached hydrogen (secondary N) is 2. The van der Waals surface area contributed by atoms with Crippen LogP contribution >= 0.6 is 0 Å². The van der Waals surface area contributed by atoms with Crippen molar-refractivity contribution in [3.05, 3.63) is 29.3 Å². The fraction of sp³-hybridized carbons (Fsp3) is 0.571. The molecule has 0 bridgehead atoms. The predicted octanol–water partition coefficient (Wildman–Crippen LogP) is 1.67. The minimum Gasteiger partial charge on any atom is -0.493 e. The molecule has 0 spiro atoms. The maximum absolute atomic E-state index is 5.92. The van der Waals surface area contributed by atoms with Crippen LogP contribution in [0.5, 0.6) is 5.75 Å². The molecule has 92 valence electrons. The van der Waals surface area contributed by atoms with E-state index in [1.165, 1.54) is 24.0 Å². The molecule has 0 radical (unpaired) electrons. The molecule has 2 aliphatic heterocycles. The highest BCUT2D eigenvalue weighted by molar-refractivity contribution is 5.37. The van der Waals surface area contributed by atoms with Gasteiger partial charge >= 0.3 is 0 Å². The van der Waals surface area contributed by atoms with Gasteiger partial charge in [0.1, 0.15) is 5.75 Å². The summed E-state index contributed by atoms with van der Waals surface area (Å²) in [7, 11) is 0. The molecule has 17 heavy (non-hydrogen) atoms. The van der Waals surface area contributed by atoms with Crippen LogP contribution < -0.4 is 15.4 Å². The summed E-state index contributed by atoms with van der Waals surface area (Å²) >= 11 is 0. The summed E-state index contributed by atoms with van der Waals surface area (Å²) in [6.45, 7) is 5.14. The minimum absolute atomic E-state index is 0.725. The van der Waals surface area contributed by atoms with Gasteiger partial charge in [-0.1, -0.05) is 6.07 Å². The van der Waals surface area contributed by atoms with Gasteiger partial charge in [-0.2, -0.15) is 0 Å². The lowest BCUT2D eigenvalue weighted by Gasteiger charge is -2.22. The molecule has 0 saturated carbocycles. The zero-order valence-corrected chi connectivity index (χ0v) is 10.2. The van der Waals surface area contributed by atoms with Gasteiger partial charge < -0.3 is 15.4 Å². The van der Waals surface area contributed by atoms with Crippen LogP contribution in [0.25, 0.3) is 0 Å². The zero-order valence-electron chi connectivity index (χ0n) is 10.2. The van der Waals surface area contributed by atoms with E-state index >= 15 is 0 Å². The molecule has 2 heterocycles. The molecule has 0 aliphatic carbocycles. The maximum Gasteiger partial charge on any atom is 0.119 e. The molecule has 0 amide bonds. The van der Waals surface area contributed by atoms with Crippen LogP contribution in [0.2, 0.25) is 0 Å². The zero-order chi connectivity index (χ0) is 11.5. The van der Waals surface area contributed by atoms with Crippen molar-refractivity contribution in [2.75, 3.05) is 19.7 Å². The van der Waals surface area contributed by atoms with Gasteiger partial charge in [-0.25, -0.2) is 0 Å². The summed E-state index contributed by atoms with van der Waals surface area (Å²) in [6.07, 6.45) is 2.49. The largest absolute Gasteiger partial charge is 0.493 e. The highest BCUT2D eigenvalue weighted by Crippen LogP contribution is 2.22. The fourth-order valence-corrected chi connectivity index (χ4v) is 2.62. The maximum atomic E-state index is 5.92. The first kappa shape index (κ1) is 11.1. The quantitative estimate of drug-likeness (QED) is 0.831. The van der Waals surface area contributed by atoms with E-state index in [-0.39, 0.29) is 0 Å². The normalized spacial score (nSPS) is 20.2. The van der Waals surface area contributed by atoms with Gasteiger partial charge in [0.15, 0.2) is 0 Å². The summed E-state index contributed by atoms with van der Waals surface area (Å²) in [5.41, 5.74) is 2.81. The Morgan fingerprint density at radius 1 is 1.06 bits per heavy atom. The van der Waals surface area contributed by atoms with E-state index in [1.54, 1.807) is 0 Å². The Kier molecular flexibility index (Phi) is 3.29. The Balaban J connectivity index is 1.57. The average molecular weight is 232 g/mol. The van der Waals surface area contributed by atoms with Crippen LogP contribution in [-0.4, -0.2) is 19.7 Å². The highest BCUT2D eigenvalue weighted by Gasteiger charge is 2.14. The molecule has 2 aliphatic rings. The van der Waals surface area contributed by atoms with E-state index in [4.69, 9.17) is 4.74 Å². The second-order valence-electron chi connectivity index (χ2n) is 5.04. The molecular formula is C14H20N2O. The third-order valence-electron chi connectivity index (χ3n) is 3.75. The van der Waals surface area contributed by atoms with Gasteiger partial charge in [-0.05, 0) is 55.1 Å². The van der Waals surface area contributed by atoms with Crippen LogP contribution in [0.3, 0.4) is 0 Å². The number of piperidine rings is 1. The first-order valence-electron chi connectivity index (χ1n) is 6.58. The van der Waals surface area contributed by atoms with Crippen LogP contribution in [-0.2, 0) is 13.1 Å². The van der Waals surface area contributed by atoms with Crippen molar-refractivity contribution in [3.8, 4) is 5.75 Å². The molecule has 3 rings (SSSR count). The Morgan fingerprint density at radius 3 is 2.76 bits per heavy atom. The SMILES string of the molecule is c1cc2c(cc1OCC1CCNCC1)CNC2. The Labute approximate surface area is 103 Å². The summed E-state index contributed by atoms with van der Waals surface area (Å²) in [4.78, 5) is 0. The van der Waals surface area contributed by atoms with Crippen molar-refractivity contribution in [1.29, 1.82) is 0 Å². The molecule has 1 saturated heterocycles. The van der Waals surface area contributed by atoms with Crippen molar-refractivity contribution in [3.63, 3.8) is 0 Å². The van der Waals surface area contributed by atoms with E-state index in [0.717, 1.165) is 44.5 Å². The molecule has 1 aromatic carbocycles. The van der Waals surface area contributed by atoms with E-state index in [0.29, 0.717) is 0 Å². The Bertz CT molecular complexity index is 386. The number of fused-ring (bicyclic) bond motifs is 1. The summed E-state index contributed by atoms with van der Waals surface area (Å²) in [6, 6.07) is 6.48. The van der Waals surface area contributed by atoms with Gasteiger partial charge in [0.2, 0.25) is 0 Å². The molecule has 0 atom stereocenters. The number of benzene rings is 1. The van der Waals surface area contributed by atoms with E-state index < -0.39 is 0 Å². The van der Waals surface area contributed by atoms with Crippen LogP contribution in [0, 0.1) is 5.92 Å². The van der Waals surface area contributed by atoms with Crippen LogP contribution in [0.15, 0.2) is 18.2 Å². The standard InChI is InChI=1S/C14H20N2O/c1-2-14(7-13-9-16-8-12(1)13)17-10-11-3-5-15-6-4-11/h1-2,7,11,15-16H,3-6,8-10H2. The lowest BCUT2D eigenvalue weighted by Crippen LogP contribution is -2.30. The van der Waals surface area contributed by atoms with Crippen LogP contribution in [0.4, 0.5) is 0 Å². The summed E-state index contributed by atoms with van der Waals surface area (Å²) < 4.78 is 5.92. The average Bonchev–Trinajstić information content (AvgIpc) is 2.85. The van der Waals surface area contributed by atoms with Crippen molar-refractivity contribution < 1.29 is 4.74 Å². The number of hydrogen-bond donors (Lipinski definition) is 2. The first-order chi connectivity index (χ1) is 8.42. The van der Waals surface area contributed by atoms with Gasteiger partial charge in [0.05, 0.1) is 6.61 Å². The molecular weight excluding hydrogens is 212 g/mol. The van der Waals surface area contributed by atoms with Gasteiger partial charge in [-0.15, -0.1) is 0 Å². The number of rotatable bonds is 3. The molecule has 1 fully saturated rings. The fourth-order valence-electron chi connectivity index (χ4n) is 2.62. The third kappa shape index (κ3) is 2.61. The summed E-state index contributed by atoms with van der Waals surface area (Å²) in [5, 5.41) is 6.74. The topological polar surface area (TPSA) is 33.3 Å². The first-order valence-corrected chi connectivity index (χ1v) is 6.58. The van der Waals surface area contributed by atoms with E-state index in [9.17, 15) is 0 Å². The lowest BCUT2D eigenvalue weighted by molar-refractivity contribution is 0.215. The van der Waals surface area contributed by atoms with Crippen molar-refractivity contribution in [2.24, 2.45) is 5.92 Å². The second kappa shape index (κ2) is 5.07. The molecule has 1 aromatic rings. The number of hydrogen-bond acceptors (Lipinski definition) is 3. The third-order valence-corrected chi connectivity index (χ3v) is 3.75. The monoisotopic (exact) mass is 232 g/mol. The minimum atomic E-state index is 0.725. The van der Waals surface area contributed by atoms with Crippen molar-refractivity contribution in [1.82, 2.24) is 10.6 Å². The lowest BCUT2D eigenvalue weighted by atomic mass is 9.99. The van der Waals surface area contributed by atoms with Gasteiger partial charge in [0, 0.05) is 13.1 Å². The highest BCUT2D eigenvalue weighted by atomic mass is 16.5. The van der Waals surface area contributed by atoms with E-state index in [1.807, 2.05) is 0 Å². The molecule has 0 aromatic heterocycles. The van der Waals surface area contributed by atoms with Gasteiger partial charge in [-0.3, -0.25) is 0 Å². The molecule has 2 N–H and O–H groups in total. The molecule has 3 heteroatoms. The number of ether oxygens (including phenoxy) is 1. The molecule has 3 nitrogen and oxygen atoms in total.